The van der Waals surface area contributed by atoms with Gasteiger partial charge in [0.25, 0.3) is 0 Å². The first-order valence-electron chi connectivity index (χ1n) is 7.94. The molecule has 0 spiro atoms. The highest BCUT2D eigenvalue weighted by Gasteiger charge is 2.11. The zero-order chi connectivity index (χ0) is 18.3. The van der Waals surface area contributed by atoms with Gasteiger partial charge in [-0.15, -0.1) is 0 Å². The van der Waals surface area contributed by atoms with E-state index in [1.54, 1.807) is 12.1 Å². The second-order valence-electron chi connectivity index (χ2n) is 5.66. The summed E-state index contributed by atoms with van der Waals surface area (Å²) in [7, 11) is -3.21. The van der Waals surface area contributed by atoms with Gasteiger partial charge < -0.3 is 10.1 Å². The number of hydrogen-bond donors (Lipinski definition) is 1. The molecule has 7 heteroatoms. The number of ether oxygens (including phenoxy) is 1. The summed E-state index contributed by atoms with van der Waals surface area (Å²) in [5, 5.41) is 3.58. The standard InChI is InChI=1S/C18H21ClFNO3S/c1-25(22,23)18-7-3-2-5-14(18)6-4-10-21-11-12-24-17-13-15(20)8-9-16(17)19/h2-3,5,7-9,13,21H,4,6,10-12H2,1H3. The summed E-state index contributed by atoms with van der Waals surface area (Å²) in [6.07, 6.45) is 2.69. The van der Waals surface area contributed by atoms with Crippen LogP contribution < -0.4 is 10.1 Å². The van der Waals surface area contributed by atoms with Crippen molar-refractivity contribution in [1.29, 1.82) is 0 Å². The van der Waals surface area contributed by atoms with Crippen LogP contribution in [-0.4, -0.2) is 34.4 Å². The summed E-state index contributed by atoms with van der Waals surface area (Å²) in [4.78, 5) is 0.388. The van der Waals surface area contributed by atoms with Gasteiger partial charge in [-0.05, 0) is 43.1 Å². The highest BCUT2D eigenvalue weighted by Crippen LogP contribution is 2.24. The fraction of sp³-hybridized carbons (Fsp3) is 0.333. The largest absolute Gasteiger partial charge is 0.491 e. The van der Waals surface area contributed by atoms with Crippen LogP contribution in [0.3, 0.4) is 0 Å². The van der Waals surface area contributed by atoms with Gasteiger partial charge in [0, 0.05) is 18.9 Å². The molecular weight excluding hydrogens is 365 g/mol. The quantitative estimate of drug-likeness (QED) is 0.671. The molecule has 0 radical (unpaired) electrons. The molecule has 0 atom stereocenters. The van der Waals surface area contributed by atoms with Crippen LogP contribution in [0.2, 0.25) is 5.02 Å². The number of nitrogens with one attached hydrogen (secondary N) is 1. The van der Waals surface area contributed by atoms with Crippen LogP contribution in [0.25, 0.3) is 0 Å². The number of sulfone groups is 1. The number of rotatable bonds is 9. The Bertz CT molecular complexity index is 812. The summed E-state index contributed by atoms with van der Waals surface area (Å²) in [6.45, 7) is 1.67. The average molecular weight is 386 g/mol. The second kappa shape index (κ2) is 9.17. The third-order valence-electron chi connectivity index (χ3n) is 3.60. The van der Waals surface area contributed by atoms with Crippen LogP contribution in [0.5, 0.6) is 5.75 Å². The Morgan fingerprint density at radius 2 is 1.92 bits per heavy atom. The summed E-state index contributed by atoms with van der Waals surface area (Å²) in [5.41, 5.74) is 0.828. The molecule has 25 heavy (non-hydrogen) atoms. The van der Waals surface area contributed by atoms with Crippen molar-refractivity contribution in [3.63, 3.8) is 0 Å². The third kappa shape index (κ3) is 6.30. The van der Waals surface area contributed by atoms with E-state index in [1.165, 1.54) is 24.5 Å². The van der Waals surface area contributed by atoms with Crippen LogP contribution in [0, 0.1) is 5.82 Å². The molecule has 4 nitrogen and oxygen atoms in total. The van der Waals surface area contributed by atoms with E-state index in [4.69, 9.17) is 16.3 Å². The van der Waals surface area contributed by atoms with Crippen molar-refractivity contribution in [2.45, 2.75) is 17.7 Å². The zero-order valence-corrected chi connectivity index (χ0v) is 15.5. The third-order valence-corrected chi connectivity index (χ3v) is 5.11. The Kier molecular flexibility index (Phi) is 7.23. The van der Waals surface area contributed by atoms with Crippen LogP contribution >= 0.6 is 11.6 Å². The summed E-state index contributed by atoms with van der Waals surface area (Å²) in [6, 6.07) is 11.0. The molecule has 0 aliphatic carbocycles. The second-order valence-corrected chi connectivity index (χ2v) is 8.05. The molecular formula is C18H21ClFNO3S. The first-order valence-corrected chi connectivity index (χ1v) is 10.2. The van der Waals surface area contributed by atoms with E-state index in [9.17, 15) is 12.8 Å². The van der Waals surface area contributed by atoms with Gasteiger partial charge in [-0.3, -0.25) is 0 Å². The Morgan fingerprint density at radius 3 is 2.68 bits per heavy atom. The molecule has 0 aromatic heterocycles. The normalized spacial score (nSPS) is 11.5. The highest BCUT2D eigenvalue weighted by molar-refractivity contribution is 7.90. The van der Waals surface area contributed by atoms with E-state index in [2.05, 4.69) is 5.32 Å². The SMILES string of the molecule is CS(=O)(=O)c1ccccc1CCCNCCOc1cc(F)ccc1Cl. The zero-order valence-electron chi connectivity index (χ0n) is 14.0. The maximum absolute atomic E-state index is 13.1. The molecule has 0 bridgehead atoms. The van der Waals surface area contributed by atoms with Crippen molar-refractivity contribution in [3.8, 4) is 5.75 Å². The van der Waals surface area contributed by atoms with Gasteiger partial charge in [0.1, 0.15) is 18.2 Å². The van der Waals surface area contributed by atoms with E-state index < -0.39 is 15.7 Å². The minimum Gasteiger partial charge on any atom is -0.491 e. The van der Waals surface area contributed by atoms with Gasteiger partial charge in [-0.1, -0.05) is 29.8 Å². The predicted octanol–water partition coefficient (Wildman–Crippen LogP) is 3.48. The Labute approximate surface area is 152 Å². The van der Waals surface area contributed by atoms with E-state index >= 15 is 0 Å². The van der Waals surface area contributed by atoms with E-state index in [0.29, 0.717) is 35.2 Å². The highest BCUT2D eigenvalue weighted by atomic mass is 35.5. The van der Waals surface area contributed by atoms with Crippen LogP contribution in [0.1, 0.15) is 12.0 Å². The molecule has 0 unspecified atom stereocenters. The molecule has 0 amide bonds. The van der Waals surface area contributed by atoms with Gasteiger partial charge in [0.05, 0.1) is 9.92 Å². The van der Waals surface area contributed by atoms with Gasteiger partial charge in [0.15, 0.2) is 9.84 Å². The molecule has 0 heterocycles. The van der Waals surface area contributed by atoms with Crippen LogP contribution in [-0.2, 0) is 16.3 Å². The molecule has 0 saturated carbocycles. The van der Waals surface area contributed by atoms with Crippen molar-refractivity contribution in [2.24, 2.45) is 0 Å². The molecule has 0 fully saturated rings. The number of benzene rings is 2. The van der Waals surface area contributed by atoms with E-state index in [-0.39, 0.29) is 0 Å². The monoisotopic (exact) mass is 385 g/mol. The Hall–Kier alpha value is -1.63. The number of hydrogen-bond acceptors (Lipinski definition) is 4. The summed E-state index contributed by atoms with van der Waals surface area (Å²) < 4.78 is 42.0. The lowest BCUT2D eigenvalue weighted by Crippen LogP contribution is -2.22. The lowest BCUT2D eigenvalue weighted by Gasteiger charge is -2.10. The Balaban J connectivity index is 1.70. The lowest BCUT2D eigenvalue weighted by molar-refractivity contribution is 0.312. The minimum absolute atomic E-state index is 0.325. The fourth-order valence-electron chi connectivity index (χ4n) is 2.42. The molecule has 0 saturated heterocycles. The van der Waals surface area contributed by atoms with Gasteiger partial charge in [-0.2, -0.15) is 0 Å². The maximum Gasteiger partial charge on any atom is 0.175 e. The summed E-state index contributed by atoms with van der Waals surface area (Å²) >= 11 is 5.92. The molecule has 2 aromatic rings. The van der Waals surface area contributed by atoms with Crippen LogP contribution in [0.15, 0.2) is 47.4 Å². The molecule has 136 valence electrons. The smallest absolute Gasteiger partial charge is 0.175 e. The summed E-state index contributed by atoms with van der Waals surface area (Å²) in [5.74, 6) is -0.0672. The number of aryl methyl sites for hydroxylation is 1. The van der Waals surface area contributed by atoms with E-state index in [1.807, 2.05) is 12.1 Å². The first kappa shape index (κ1) is 19.7. The van der Waals surface area contributed by atoms with Crippen molar-refractivity contribution in [2.75, 3.05) is 26.0 Å². The van der Waals surface area contributed by atoms with Crippen molar-refractivity contribution in [1.82, 2.24) is 5.32 Å². The van der Waals surface area contributed by atoms with Crippen molar-refractivity contribution >= 4 is 21.4 Å². The van der Waals surface area contributed by atoms with Crippen LogP contribution in [0.4, 0.5) is 4.39 Å². The maximum atomic E-state index is 13.1. The molecule has 0 aliphatic heterocycles. The van der Waals surface area contributed by atoms with Gasteiger partial charge >= 0.3 is 0 Å². The van der Waals surface area contributed by atoms with Crippen molar-refractivity contribution in [3.05, 3.63) is 58.9 Å². The number of halogens is 2. The molecule has 2 rings (SSSR count). The minimum atomic E-state index is -3.21. The molecule has 0 aliphatic rings. The molecule has 2 aromatic carbocycles. The van der Waals surface area contributed by atoms with E-state index in [0.717, 1.165) is 18.5 Å². The van der Waals surface area contributed by atoms with Crippen molar-refractivity contribution < 1.29 is 17.5 Å². The van der Waals surface area contributed by atoms with Gasteiger partial charge in [-0.25, -0.2) is 12.8 Å². The first-order chi connectivity index (χ1) is 11.9. The topological polar surface area (TPSA) is 55.4 Å². The molecule has 1 N–H and O–H groups in total. The fourth-order valence-corrected chi connectivity index (χ4v) is 3.57. The Morgan fingerprint density at radius 1 is 1.16 bits per heavy atom. The lowest BCUT2D eigenvalue weighted by atomic mass is 10.1. The predicted molar refractivity (Wildman–Crippen MR) is 97.6 cm³/mol. The average Bonchev–Trinajstić information content (AvgIpc) is 2.56. The van der Waals surface area contributed by atoms with Gasteiger partial charge in [0.2, 0.25) is 0 Å².